The Bertz CT molecular complexity index is 471. The van der Waals surface area contributed by atoms with Crippen LogP contribution in [-0.2, 0) is 4.79 Å². The van der Waals surface area contributed by atoms with E-state index in [0.29, 0.717) is 0 Å². The summed E-state index contributed by atoms with van der Waals surface area (Å²) in [7, 11) is 0. The quantitative estimate of drug-likeness (QED) is 0.867. The van der Waals surface area contributed by atoms with Gasteiger partial charge in [0.15, 0.2) is 0 Å². The highest BCUT2D eigenvalue weighted by atomic mass is 19.1. The molecule has 18 heavy (non-hydrogen) atoms. The maximum absolute atomic E-state index is 13.0. The van der Waals surface area contributed by atoms with Crippen LogP contribution in [-0.4, -0.2) is 17.0 Å². The van der Waals surface area contributed by atoms with E-state index in [4.69, 9.17) is 5.11 Å². The molecule has 0 spiro atoms. The number of rotatable bonds is 4. The van der Waals surface area contributed by atoms with Gasteiger partial charge < -0.3 is 10.4 Å². The van der Waals surface area contributed by atoms with E-state index in [1.807, 2.05) is 13.8 Å². The lowest BCUT2D eigenvalue weighted by Gasteiger charge is -2.16. The van der Waals surface area contributed by atoms with Crippen LogP contribution in [0.1, 0.15) is 31.1 Å². The third-order valence-electron chi connectivity index (χ3n) is 2.88. The van der Waals surface area contributed by atoms with Gasteiger partial charge >= 0.3 is 5.97 Å². The Morgan fingerprint density at radius 2 is 1.89 bits per heavy atom. The first kappa shape index (κ1) is 14.2. The van der Waals surface area contributed by atoms with Crippen molar-refractivity contribution in [3.8, 4) is 0 Å². The third kappa shape index (κ3) is 3.29. The van der Waals surface area contributed by atoms with Gasteiger partial charge in [-0.3, -0.25) is 4.79 Å². The van der Waals surface area contributed by atoms with Crippen LogP contribution in [0, 0.1) is 17.7 Å². The molecule has 0 aromatic heterocycles. The maximum atomic E-state index is 13.0. The molecule has 0 heterocycles. The van der Waals surface area contributed by atoms with Crippen molar-refractivity contribution in [2.75, 3.05) is 5.32 Å². The minimum atomic E-state index is -1.28. The largest absolute Gasteiger partial charge is 0.478 e. The summed E-state index contributed by atoms with van der Waals surface area (Å²) in [6.07, 6.45) is 0. The number of aromatic carboxylic acids is 1. The van der Waals surface area contributed by atoms with E-state index in [1.54, 1.807) is 6.92 Å². The SMILES string of the molecule is CC(C)C(C)C(=O)Nc1ccc(F)cc1C(=O)O. The van der Waals surface area contributed by atoms with Gasteiger partial charge in [0.2, 0.25) is 5.91 Å². The number of carboxylic acid groups (broad SMARTS) is 1. The molecule has 98 valence electrons. The first-order valence-corrected chi connectivity index (χ1v) is 5.66. The van der Waals surface area contributed by atoms with Crippen LogP contribution in [0.5, 0.6) is 0 Å². The molecule has 0 aliphatic rings. The standard InChI is InChI=1S/C13H16FNO3/c1-7(2)8(3)12(16)15-11-5-4-9(14)6-10(11)13(17)18/h4-8H,1-3H3,(H,15,16)(H,17,18). The second-order valence-electron chi connectivity index (χ2n) is 4.52. The summed E-state index contributed by atoms with van der Waals surface area (Å²) < 4.78 is 13.0. The summed E-state index contributed by atoms with van der Waals surface area (Å²) in [5.41, 5.74) is -0.138. The van der Waals surface area contributed by atoms with E-state index in [0.717, 1.165) is 12.1 Å². The minimum Gasteiger partial charge on any atom is -0.478 e. The van der Waals surface area contributed by atoms with Gasteiger partial charge in [-0.1, -0.05) is 20.8 Å². The molecule has 0 bridgehead atoms. The molecule has 5 heteroatoms. The second-order valence-corrected chi connectivity index (χ2v) is 4.52. The van der Waals surface area contributed by atoms with Crippen molar-refractivity contribution in [2.45, 2.75) is 20.8 Å². The Labute approximate surface area is 105 Å². The lowest BCUT2D eigenvalue weighted by molar-refractivity contribution is -0.120. The summed E-state index contributed by atoms with van der Waals surface area (Å²) in [6.45, 7) is 5.55. The zero-order valence-electron chi connectivity index (χ0n) is 10.5. The molecule has 1 unspecified atom stereocenters. The van der Waals surface area contributed by atoms with Gasteiger partial charge in [-0.15, -0.1) is 0 Å². The average Bonchev–Trinajstić information content (AvgIpc) is 2.29. The molecule has 0 fully saturated rings. The predicted molar refractivity (Wildman–Crippen MR) is 66.0 cm³/mol. The summed E-state index contributed by atoms with van der Waals surface area (Å²) in [6, 6.07) is 3.25. The Kier molecular flexibility index (Phi) is 4.42. The molecule has 1 rings (SSSR count). The van der Waals surface area contributed by atoms with Crippen molar-refractivity contribution in [3.05, 3.63) is 29.6 Å². The van der Waals surface area contributed by atoms with Crippen molar-refractivity contribution >= 4 is 17.6 Å². The molecule has 0 saturated heterocycles. The van der Waals surface area contributed by atoms with Crippen LogP contribution < -0.4 is 5.32 Å². The maximum Gasteiger partial charge on any atom is 0.337 e. The molecule has 1 amide bonds. The highest BCUT2D eigenvalue weighted by Gasteiger charge is 2.19. The number of hydrogen-bond donors (Lipinski definition) is 2. The van der Waals surface area contributed by atoms with Crippen LogP contribution in [0.15, 0.2) is 18.2 Å². The topological polar surface area (TPSA) is 66.4 Å². The number of carbonyl (C=O) groups excluding carboxylic acids is 1. The number of anilines is 1. The fourth-order valence-electron chi connectivity index (χ4n) is 1.35. The van der Waals surface area contributed by atoms with Crippen molar-refractivity contribution in [1.82, 2.24) is 0 Å². The normalized spacial score (nSPS) is 12.3. The lowest BCUT2D eigenvalue weighted by atomic mass is 9.97. The summed E-state index contributed by atoms with van der Waals surface area (Å²) in [5.74, 6) is -2.32. The van der Waals surface area contributed by atoms with Gasteiger partial charge in [-0.2, -0.15) is 0 Å². The molecule has 0 aliphatic heterocycles. The van der Waals surface area contributed by atoms with E-state index in [-0.39, 0.29) is 29.0 Å². The first-order chi connectivity index (χ1) is 8.32. The highest BCUT2D eigenvalue weighted by Crippen LogP contribution is 2.19. The Hall–Kier alpha value is -1.91. The van der Waals surface area contributed by atoms with Gasteiger partial charge in [-0.25, -0.2) is 9.18 Å². The van der Waals surface area contributed by atoms with Crippen LogP contribution in [0.2, 0.25) is 0 Å². The molecule has 1 atom stereocenters. The van der Waals surface area contributed by atoms with E-state index in [9.17, 15) is 14.0 Å². The molecular weight excluding hydrogens is 237 g/mol. The molecule has 1 aromatic rings. The number of halogens is 1. The predicted octanol–water partition coefficient (Wildman–Crippen LogP) is 2.75. The van der Waals surface area contributed by atoms with Crippen LogP contribution in [0.4, 0.5) is 10.1 Å². The Morgan fingerprint density at radius 1 is 1.28 bits per heavy atom. The lowest BCUT2D eigenvalue weighted by Crippen LogP contribution is -2.25. The third-order valence-corrected chi connectivity index (χ3v) is 2.88. The Morgan fingerprint density at radius 3 is 2.39 bits per heavy atom. The zero-order valence-corrected chi connectivity index (χ0v) is 10.5. The fourth-order valence-corrected chi connectivity index (χ4v) is 1.35. The van der Waals surface area contributed by atoms with Gasteiger partial charge in [0.1, 0.15) is 5.82 Å². The first-order valence-electron chi connectivity index (χ1n) is 5.66. The van der Waals surface area contributed by atoms with Gasteiger partial charge in [0.25, 0.3) is 0 Å². The van der Waals surface area contributed by atoms with E-state index >= 15 is 0 Å². The number of amides is 1. The average molecular weight is 253 g/mol. The Balaban J connectivity index is 2.98. The van der Waals surface area contributed by atoms with Crippen molar-refractivity contribution < 1.29 is 19.1 Å². The molecule has 0 aliphatic carbocycles. The molecule has 0 radical (unpaired) electrons. The van der Waals surface area contributed by atoms with Crippen molar-refractivity contribution in [2.24, 2.45) is 11.8 Å². The number of nitrogens with one attached hydrogen (secondary N) is 1. The van der Waals surface area contributed by atoms with E-state index in [2.05, 4.69) is 5.32 Å². The minimum absolute atomic E-state index is 0.112. The van der Waals surface area contributed by atoms with Crippen molar-refractivity contribution in [1.29, 1.82) is 0 Å². The highest BCUT2D eigenvalue weighted by molar-refractivity contribution is 6.01. The molecular formula is C13H16FNO3. The van der Waals surface area contributed by atoms with E-state index < -0.39 is 11.8 Å². The van der Waals surface area contributed by atoms with Gasteiger partial charge in [0.05, 0.1) is 11.3 Å². The molecule has 1 aromatic carbocycles. The fraction of sp³-hybridized carbons (Fsp3) is 0.385. The molecule has 2 N–H and O–H groups in total. The monoisotopic (exact) mass is 253 g/mol. The van der Waals surface area contributed by atoms with Crippen LogP contribution in [0.3, 0.4) is 0 Å². The smallest absolute Gasteiger partial charge is 0.337 e. The van der Waals surface area contributed by atoms with Gasteiger partial charge in [0, 0.05) is 5.92 Å². The van der Waals surface area contributed by atoms with Gasteiger partial charge in [-0.05, 0) is 24.1 Å². The van der Waals surface area contributed by atoms with Crippen molar-refractivity contribution in [3.63, 3.8) is 0 Å². The number of carboxylic acids is 1. The second kappa shape index (κ2) is 5.62. The summed E-state index contributed by atoms with van der Waals surface area (Å²) in [4.78, 5) is 22.8. The van der Waals surface area contributed by atoms with Crippen LogP contribution >= 0.6 is 0 Å². The summed E-state index contributed by atoms with van der Waals surface area (Å²) >= 11 is 0. The number of hydrogen-bond acceptors (Lipinski definition) is 2. The zero-order chi connectivity index (χ0) is 13.9. The number of carbonyl (C=O) groups is 2. The van der Waals surface area contributed by atoms with E-state index in [1.165, 1.54) is 6.07 Å². The molecule has 0 saturated carbocycles. The van der Waals surface area contributed by atoms with Crippen LogP contribution in [0.25, 0.3) is 0 Å². The number of benzene rings is 1. The molecule has 4 nitrogen and oxygen atoms in total. The summed E-state index contributed by atoms with van der Waals surface area (Å²) in [5, 5.41) is 11.4.